The first-order valence-corrected chi connectivity index (χ1v) is 12.7. The van der Waals surface area contributed by atoms with Gasteiger partial charge >= 0.3 is 6.03 Å². The number of aliphatic hydroxyl groups excluding tert-OH is 1. The summed E-state index contributed by atoms with van der Waals surface area (Å²) in [5.74, 6) is -1.08. The Labute approximate surface area is 227 Å². The van der Waals surface area contributed by atoms with E-state index in [2.05, 4.69) is 26.6 Å². The molecular weight excluding hydrogens is 562 g/mol. The molecule has 1 fully saturated rings. The molecule has 0 bridgehead atoms. The van der Waals surface area contributed by atoms with E-state index in [1.165, 1.54) is 0 Å². The van der Waals surface area contributed by atoms with E-state index in [9.17, 15) is 14.4 Å². The predicted molar refractivity (Wildman–Crippen MR) is 144 cm³/mol. The first-order chi connectivity index (χ1) is 17.8. The molecule has 1 heterocycles. The average Bonchev–Trinajstić information content (AvgIpc) is 3.19. The van der Waals surface area contributed by atoms with Crippen LogP contribution < -0.4 is 15.4 Å². The summed E-state index contributed by atoms with van der Waals surface area (Å²) in [6, 6.07) is 18.1. The molecule has 4 amide bonds. The molecule has 10 heteroatoms. The highest BCUT2D eigenvalue weighted by molar-refractivity contribution is 9.10. The summed E-state index contributed by atoms with van der Waals surface area (Å²) in [6.07, 6.45) is 0. The van der Waals surface area contributed by atoms with Crippen molar-refractivity contribution in [1.82, 2.24) is 10.2 Å². The van der Waals surface area contributed by atoms with Crippen LogP contribution in [0.1, 0.15) is 30.0 Å². The average molecular weight is 587 g/mol. The number of urea groups is 1. The molecule has 3 unspecified atom stereocenters. The number of anilines is 1. The minimum absolute atomic E-state index is 0.123. The minimum atomic E-state index is -1.15. The Balaban J connectivity index is 1.64. The second-order valence-electron chi connectivity index (χ2n) is 8.49. The van der Waals surface area contributed by atoms with Crippen LogP contribution >= 0.6 is 27.5 Å². The Morgan fingerprint density at radius 1 is 1.14 bits per heavy atom. The van der Waals surface area contributed by atoms with Crippen molar-refractivity contribution in [1.29, 1.82) is 0 Å². The number of nitrogens with zero attached hydrogens (tertiary/aromatic N) is 1. The van der Waals surface area contributed by atoms with E-state index in [4.69, 9.17) is 21.4 Å². The monoisotopic (exact) mass is 585 g/mol. The largest absolute Gasteiger partial charge is 0.491 e. The first kappa shape index (κ1) is 26.7. The number of rotatable bonds is 9. The van der Waals surface area contributed by atoms with Gasteiger partial charge in [-0.2, -0.15) is 0 Å². The number of nitrogens with one attached hydrogen (secondary N) is 2. The van der Waals surface area contributed by atoms with Gasteiger partial charge in [0.05, 0.1) is 17.3 Å². The highest BCUT2D eigenvalue weighted by atomic mass is 79.9. The molecule has 37 heavy (non-hydrogen) atoms. The Morgan fingerprint density at radius 2 is 1.84 bits per heavy atom. The molecule has 4 rings (SSSR count). The standard InChI is InChI=1S/C27H25BrClN3O5/c1-16(17-5-3-2-4-6-17)24(25(34)30-22-12-9-19(28)15-21(22)29)32-26(35)23(31-27(32)36)18-7-10-20(11-8-18)37-14-13-33/h2-12,15-16,23-24,33H,13-14H2,1H3,(H,30,34)(H,31,36). The lowest BCUT2D eigenvalue weighted by Crippen LogP contribution is -2.50. The Hall–Kier alpha value is -3.40. The van der Waals surface area contributed by atoms with Crippen LogP contribution in [-0.2, 0) is 9.59 Å². The second-order valence-corrected chi connectivity index (χ2v) is 9.81. The van der Waals surface area contributed by atoms with Crippen molar-refractivity contribution in [2.45, 2.75) is 24.9 Å². The van der Waals surface area contributed by atoms with Crippen molar-refractivity contribution in [3.63, 3.8) is 0 Å². The predicted octanol–water partition coefficient (Wildman–Crippen LogP) is 4.88. The number of halogens is 2. The van der Waals surface area contributed by atoms with Crippen molar-refractivity contribution in [2.75, 3.05) is 18.5 Å². The van der Waals surface area contributed by atoms with Gasteiger partial charge in [0, 0.05) is 10.4 Å². The van der Waals surface area contributed by atoms with E-state index in [-0.39, 0.29) is 13.2 Å². The van der Waals surface area contributed by atoms with Crippen molar-refractivity contribution in [2.24, 2.45) is 0 Å². The van der Waals surface area contributed by atoms with E-state index in [0.717, 1.165) is 14.9 Å². The maximum atomic E-state index is 13.6. The van der Waals surface area contributed by atoms with Crippen molar-refractivity contribution < 1.29 is 24.2 Å². The third-order valence-corrected chi connectivity index (χ3v) is 6.89. The summed E-state index contributed by atoms with van der Waals surface area (Å²) in [5.41, 5.74) is 1.70. The quantitative estimate of drug-likeness (QED) is 0.310. The summed E-state index contributed by atoms with van der Waals surface area (Å²) in [6.45, 7) is 1.81. The lowest BCUT2D eigenvalue weighted by atomic mass is 9.91. The maximum Gasteiger partial charge on any atom is 0.325 e. The number of benzene rings is 3. The summed E-state index contributed by atoms with van der Waals surface area (Å²) in [7, 11) is 0. The van der Waals surface area contributed by atoms with Gasteiger partial charge in [-0.25, -0.2) is 9.69 Å². The molecule has 192 valence electrons. The number of imide groups is 1. The fourth-order valence-corrected chi connectivity index (χ4v) is 4.93. The lowest BCUT2D eigenvalue weighted by molar-refractivity contribution is -0.134. The number of hydrogen-bond acceptors (Lipinski definition) is 5. The number of carbonyl (C=O) groups is 3. The van der Waals surface area contributed by atoms with E-state index < -0.39 is 35.8 Å². The Kier molecular flexibility index (Phi) is 8.48. The lowest BCUT2D eigenvalue weighted by Gasteiger charge is -2.30. The zero-order valence-corrected chi connectivity index (χ0v) is 22.2. The normalized spacial score (nSPS) is 16.8. The zero-order chi connectivity index (χ0) is 26.5. The van der Waals surface area contributed by atoms with Crippen molar-refractivity contribution >= 4 is 51.1 Å². The van der Waals surface area contributed by atoms with Gasteiger partial charge in [-0.3, -0.25) is 9.59 Å². The fraction of sp³-hybridized carbons (Fsp3) is 0.222. The third kappa shape index (κ3) is 5.95. The Bertz CT molecular complexity index is 1290. The molecule has 0 spiro atoms. The highest BCUT2D eigenvalue weighted by Crippen LogP contribution is 2.33. The number of carbonyl (C=O) groups excluding carboxylic acids is 3. The molecule has 3 N–H and O–H groups in total. The van der Waals surface area contributed by atoms with Gasteiger partial charge in [-0.05, 0) is 41.5 Å². The smallest absolute Gasteiger partial charge is 0.325 e. The molecule has 3 aromatic rings. The molecule has 0 saturated carbocycles. The van der Waals surface area contributed by atoms with Crippen LogP contribution in [0.3, 0.4) is 0 Å². The summed E-state index contributed by atoms with van der Waals surface area (Å²) in [4.78, 5) is 41.4. The maximum absolute atomic E-state index is 13.6. The number of ether oxygens (including phenoxy) is 1. The number of hydrogen-bond donors (Lipinski definition) is 3. The van der Waals surface area contributed by atoms with Gasteiger partial charge in [-0.15, -0.1) is 0 Å². The molecule has 0 aliphatic carbocycles. The zero-order valence-electron chi connectivity index (χ0n) is 19.9. The van der Waals surface area contributed by atoms with Crippen LogP contribution in [0.4, 0.5) is 10.5 Å². The molecule has 8 nitrogen and oxygen atoms in total. The van der Waals surface area contributed by atoms with Crippen LogP contribution in [0.5, 0.6) is 5.75 Å². The summed E-state index contributed by atoms with van der Waals surface area (Å²) in [5, 5.41) is 14.7. The fourth-order valence-electron chi connectivity index (χ4n) is 4.21. The molecule has 0 aromatic heterocycles. The summed E-state index contributed by atoms with van der Waals surface area (Å²) < 4.78 is 6.11. The van der Waals surface area contributed by atoms with Crippen LogP contribution in [0.2, 0.25) is 5.02 Å². The van der Waals surface area contributed by atoms with Gasteiger partial charge < -0.3 is 20.5 Å². The van der Waals surface area contributed by atoms with E-state index in [0.29, 0.717) is 22.0 Å². The summed E-state index contributed by atoms with van der Waals surface area (Å²) >= 11 is 9.65. The highest BCUT2D eigenvalue weighted by Gasteiger charge is 2.47. The third-order valence-electron chi connectivity index (χ3n) is 6.08. The van der Waals surface area contributed by atoms with Gasteiger partial charge in [-0.1, -0.05) is 76.9 Å². The van der Waals surface area contributed by atoms with Crippen molar-refractivity contribution in [3.05, 3.63) is 93.4 Å². The van der Waals surface area contributed by atoms with Crippen molar-refractivity contribution in [3.8, 4) is 5.75 Å². The van der Waals surface area contributed by atoms with Gasteiger partial charge in [0.1, 0.15) is 24.4 Å². The van der Waals surface area contributed by atoms with Gasteiger partial charge in [0.15, 0.2) is 0 Å². The molecule has 3 atom stereocenters. The van der Waals surface area contributed by atoms with E-state index in [1.54, 1.807) is 49.4 Å². The van der Waals surface area contributed by atoms with Crippen LogP contribution in [0.25, 0.3) is 0 Å². The molecule has 3 aromatic carbocycles. The topological polar surface area (TPSA) is 108 Å². The van der Waals surface area contributed by atoms with Gasteiger partial charge in [0.2, 0.25) is 5.91 Å². The molecule has 1 aliphatic rings. The van der Waals surface area contributed by atoms with Gasteiger partial charge in [0.25, 0.3) is 5.91 Å². The first-order valence-electron chi connectivity index (χ1n) is 11.6. The number of aliphatic hydroxyl groups is 1. The minimum Gasteiger partial charge on any atom is -0.491 e. The van der Waals surface area contributed by atoms with E-state index >= 15 is 0 Å². The SMILES string of the molecule is CC(c1ccccc1)C(C(=O)Nc1ccc(Br)cc1Cl)N1C(=O)NC(c2ccc(OCCO)cc2)C1=O. The van der Waals surface area contributed by atoms with Crippen LogP contribution in [0.15, 0.2) is 77.3 Å². The van der Waals surface area contributed by atoms with Crippen LogP contribution in [-0.4, -0.2) is 47.1 Å². The molecule has 0 radical (unpaired) electrons. The second kappa shape index (κ2) is 11.8. The molecular formula is C27H25BrClN3O5. The van der Waals surface area contributed by atoms with E-state index in [1.807, 2.05) is 30.3 Å². The van der Waals surface area contributed by atoms with Crippen LogP contribution in [0, 0.1) is 0 Å². The Morgan fingerprint density at radius 3 is 2.49 bits per heavy atom. The number of amides is 4. The molecule has 1 aliphatic heterocycles. The molecule has 1 saturated heterocycles.